The lowest BCUT2D eigenvalue weighted by molar-refractivity contribution is -0.125. The van der Waals surface area contributed by atoms with E-state index in [2.05, 4.69) is 20.8 Å². The smallest absolute Gasteiger partial charge is 0.272 e. The average Bonchev–Trinajstić information content (AvgIpc) is 2.75. The molecule has 2 amide bonds. The van der Waals surface area contributed by atoms with Crippen LogP contribution in [0, 0.1) is 0 Å². The van der Waals surface area contributed by atoms with Crippen LogP contribution in [-0.2, 0) is 16.0 Å². The number of aromatic amines is 1. The molecule has 9 nitrogen and oxygen atoms in total. The fraction of sp³-hybridized carbons (Fsp3) is 0.238. The van der Waals surface area contributed by atoms with Crippen molar-refractivity contribution >= 4 is 28.3 Å². The fourth-order valence-electron chi connectivity index (χ4n) is 2.97. The number of H-pyrrole nitrogens is 1. The summed E-state index contributed by atoms with van der Waals surface area (Å²) in [5.74, 6) is 0.194. The quantitative estimate of drug-likeness (QED) is 0.544. The van der Waals surface area contributed by atoms with Crippen LogP contribution >= 0.6 is 0 Å². The van der Waals surface area contributed by atoms with Crippen molar-refractivity contribution in [2.24, 2.45) is 0 Å². The van der Waals surface area contributed by atoms with Gasteiger partial charge in [-0.1, -0.05) is 18.2 Å². The highest BCUT2D eigenvalue weighted by molar-refractivity contribution is 5.98. The van der Waals surface area contributed by atoms with E-state index >= 15 is 0 Å². The standard InChI is InChI=1S/C21H22N4O5/c1-12(20(27)23-17-10-13(29-2)8-9-18(17)30-3)22-19(26)11-16-14-6-4-5-7-15(14)21(28)25-24-16/h4-10,12H,11H2,1-3H3,(H,22,26)(H,23,27)(H,25,28)/t12-/m1/s1. The number of ether oxygens (including phenoxy) is 2. The van der Waals surface area contributed by atoms with Gasteiger partial charge in [-0.15, -0.1) is 0 Å². The van der Waals surface area contributed by atoms with Gasteiger partial charge in [0.05, 0.1) is 37.4 Å². The van der Waals surface area contributed by atoms with E-state index in [-0.39, 0.29) is 12.0 Å². The molecule has 0 aliphatic carbocycles. The van der Waals surface area contributed by atoms with Gasteiger partial charge in [-0.3, -0.25) is 14.4 Å². The molecule has 0 bridgehead atoms. The van der Waals surface area contributed by atoms with E-state index in [9.17, 15) is 14.4 Å². The molecule has 0 radical (unpaired) electrons. The van der Waals surface area contributed by atoms with Crippen molar-refractivity contribution in [3.63, 3.8) is 0 Å². The van der Waals surface area contributed by atoms with Crippen LogP contribution in [0.3, 0.4) is 0 Å². The highest BCUT2D eigenvalue weighted by Crippen LogP contribution is 2.28. The molecule has 0 aliphatic rings. The van der Waals surface area contributed by atoms with Crippen molar-refractivity contribution in [2.75, 3.05) is 19.5 Å². The SMILES string of the molecule is COc1ccc(OC)c(NC(=O)[C@@H](C)NC(=O)Cc2n[nH]c(=O)c3ccccc23)c1. The number of rotatable bonds is 7. The number of methoxy groups -OCH3 is 2. The van der Waals surface area contributed by atoms with Crippen LogP contribution < -0.4 is 25.7 Å². The Labute approximate surface area is 172 Å². The Kier molecular flexibility index (Phi) is 6.31. The molecule has 3 aromatic rings. The second-order valence-corrected chi connectivity index (χ2v) is 6.57. The number of amides is 2. The van der Waals surface area contributed by atoms with E-state index in [0.717, 1.165) is 0 Å². The molecule has 1 atom stereocenters. The summed E-state index contributed by atoms with van der Waals surface area (Å²) in [7, 11) is 3.01. The lowest BCUT2D eigenvalue weighted by Gasteiger charge is -2.16. The van der Waals surface area contributed by atoms with E-state index in [0.29, 0.717) is 33.7 Å². The van der Waals surface area contributed by atoms with Crippen molar-refractivity contribution in [1.29, 1.82) is 0 Å². The number of hydrogen-bond acceptors (Lipinski definition) is 6. The van der Waals surface area contributed by atoms with Crippen LogP contribution in [0.2, 0.25) is 0 Å². The van der Waals surface area contributed by atoms with Crippen LogP contribution in [0.15, 0.2) is 47.3 Å². The summed E-state index contributed by atoms with van der Waals surface area (Å²) in [6, 6.07) is 11.1. The van der Waals surface area contributed by atoms with Gasteiger partial charge in [0.15, 0.2) is 0 Å². The number of benzene rings is 2. The topological polar surface area (TPSA) is 122 Å². The molecule has 1 heterocycles. The maximum atomic E-state index is 12.5. The van der Waals surface area contributed by atoms with Gasteiger partial charge in [-0.2, -0.15) is 5.10 Å². The Bertz CT molecular complexity index is 1140. The molecule has 3 N–H and O–H groups in total. The summed E-state index contributed by atoms with van der Waals surface area (Å²) in [5, 5.41) is 12.8. The third-order valence-corrected chi connectivity index (χ3v) is 4.54. The van der Waals surface area contributed by atoms with E-state index in [1.165, 1.54) is 14.2 Å². The van der Waals surface area contributed by atoms with Crippen molar-refractivity contribution in [3.8, 4) is 11.5 Å². The number of nitrogens with zero attached hydrogens (tertiary/aromatic N) is 1. The minimum absolute atomic E-state index is 0.0859. The minimum atomic E-state index is -0.817. The van der Waals surface area contributed by atoms with E-state index < -0.39 is 17.9 Å². The second-order valence-electron chi connectivity index (χ2n) is 6.57. The highest BCUT2D eigenvalue weighted by atomic mass is 16.5. The predicted octanol–water partition coefficient (Wildman–Crippen LogP) is 1.63. The maximum Gasteiger partial charge on any atom is 0.272 e. The van der Waals surface area contributed by atoms with Gasteiger partial charge in [0.25, 0.3) is 5.56 Å². The first-order valence-electron chi connectivity index (χ1n) is 9.21. The lowest BCUT2D eigenvalue weighted by atomic mass is 10.1. The molecule has 3 rings (SSSR count). The number of nitrogens with one attached hydrogen (secondary N) is 3. The molecule has 0 fully saturated rings. The number of carbonyl (C=O) groups is 2. The molecular weight excluding hydrogens is 388 g/mol. The molecule has 1 aromatic heterocycles. The predicted molar refractivity (Wildman–Crippen MR) is 112 cm³/mol. The molecule has 2 aromatic carbocycles. The number of carbonyl (C=O) groups excluding carboxylic acids is 2. The number of hydrogen-bond donors (Lipinski definition) is 3. The minimum Gasteiger partial charge on any atom is -0.497 e. The molecule has 30 heavy (non-hydrogen) atoms. The Morgan fingerprint density at radius 3 is 2.53 bits per heavy atom. The van der Waals surface area contributed by atoms with Gasteiger partial charge in [0, 0.05) is 11.5 Å². The Hall–Kier alpha value is -3.88. The first-order chi connectivity index (χ1) is 14.4. The van der Waals surface area contributed by atoms with Crippen molar-refractivity contribution in [3.05, 3.63) is 58.5 Å². The zero-order valence-corrected chi connectivity index (χ0v) is 16.8. The molecule has 156 valence electrons. The molecular formula is C21H22N4O5. The average molecular weight is 410 g/mol. The Balaban J connectivity index is 1.68. The number of fused-ring (bicyclic) bond motifs is 1. The largest absolute Gasteiger partial charge is 0.497 e. The highest BCUT2D eigenvalue weighted by Gasteiger charge is 2.19. The summed E-state index contributed by atoms with van der Waals surface area (Å²) >= 11 is 0. The maximum absolute atomic E-state index is 12.5. The number of aromatic nitrogens is 2. The first kappa shape index (κ1) is 20.8. The van der Waals surface area contributed by atoms with Crippen LogP contribution in [-0.4, -0.2) is 42.3 Å². The third kappa shape index (κ3) is 4.57. The zero-order valence-electron chi connectivity index (χ0n) is 16.8. The van der Waals surface area contributed by atoms with Crippen LogP contribution in [0.1, 0.15) is 12.6 Å². The van der Waals surface area contributed by atoms with Gasteiger partial charge in [-0.25, -0.2) is 5.10 Å². The summed E-state index contributed by atoms with van der Waals surface area (Å²) in [6.07, 6.45) is -0.0859. The van der Waals surface area contributed by atoms with Gasteiger partial charge in [0.1, 0.15) is 17.5 Å². The molecule has 0 aliphatic heterocycles. The van der Waals surface area contributed by atoms with Gasteiger partial charge in [0.2, 0.25) is 11.8 Å². The first-order valence-corrected chi connectivity index (χ1v) is 9.21. The molecule has 0 saturated carbocycles. The zero-order chi connectivity index (χ0) is 21.7. The molecule has 0 saturated heterocycles. The van der Waals surface area contributed by atoms with Crippen molar-refractivity contribution in [1.82, 2.24) is 15.5 Å². The molecule has 0 spiro atoms. The van der Waals surface area contributed by atoms with E-state index in [1.807, 2.05) is 0 Å². The van der Waals surface area contributed by atoms with Crippen molar-refractivity contribution < 1.29 is 19.1 Å². The number of anilines is 1. The van der Waals surface area contributed by atoms with Gasteiger partial charge in [-0.05, 0) is 25.1 Å². The van der Waals surface area contributed by atoms with Gasteiger partial charge >= 0.3 is 0 Å². The van der Waals surface area contributed by atoms with E-state index in [4.69, 9.17) is 9.47 Å². The van der Waals surface area contributed by atoms with E-state index in [1.54, 1.807) is 49.4 Å². The summed E-state index contributed by atoms with van der Waals surface area (Å²) < 4.78 is 10.4. The van der Waals surface area contributed by atoms with Crippen LogP contribution in [0.4, 0.5) is 5.69 Å². The third-order valence-electron chi connectivity index (χ3n) is 4.54. The molecule has 9 heteroatoms. The summed E-state index contributed by atoms with van der Waals surface area (Å²) in [4.78, 5) is 36.9. The molecule has 0 unspecified atom stereocenters. The van der Waals surface area contributed by atoms with Crippen molar-refractivity contribution in [2.45, 2.75) is 19.4 Å². The summed E-state index contributed by atoms with van der Waals surface area (Å²) in [5.41, 5.74) is 0.524. The van der Waals surface area contributed by atoms with Crippen LogP contribution in [0.5, 0.6) is 11.5 Å². The summed E-state index contributed by atoms with van der Waals surface area (Å²) in [6.45, 7) is 1.57. The lowest BCUT2D eigenvalue weighted by Crippen LogP contribution is -2.42. The Morgan fingerprint density at radius 2 is 1.83 bits per heavy atom. The second kappa shape index (κ2) is 9.08. The normalized spacial score (nSPS) is 11.6. The monoisotopic (exact) mass is 410 g/mol. The fourth-order valence-corrected chi connectivity index (χ4v) is 2.97. The van der Waals surface area contributed by atoms with Gasteiger partial charge < -0.3 is 20.1 Å². The van der Waals surface area contributed by atoms with Crippen LogP contribution in [0.25, 0.3) is 10.8 Å². The Morgan fingerprint density at radius 1 is 1.10 bits per heavy atom.